The van der Waals surface area contributed by atoms with E-state index in [0.717, 1.165) is 12.0 Å². The van der Waals surface area contributed by atoms with Crippen LogP contribution in [0.15, 0.2) is 11.6 Å². The molecule has 0 unspecified atom stereocenters. The molecule has 132 valence electrons. The predicted molar refractivity (Wildman–Crippen MR) is 76.2 cm³/mol. The monoisotopic (exact) mass is 332 g/mol. The van der Waals surface area contributed by atoms with Gasteiger partial charge in [0.15, 0.2) is 6.29 Å². The Bertz CT molecular complexity index is 439. The Hall–Kier alpha value is -0.580. The van der Waals surface area contributed by atoms with Crippen LogP contribution in [0.25, 0.3) is 0 Å². The molecule has 23 heavy (non-hydrogen) atoms. The van der Waals surface area contributed by atoms with Crippen molar-refractivity contribution in [1.82, 2.24) is 0 Å². The molecule has 8 heteroatoms. The third-order valence-electron chi connectivity index (χ3n) is 5.01. The zero-order chi connectivity index (χ0) is 16.6. The molecule has 0 amide bonds. The van der Waals surface area contributed by atoms with Gasteiger partial charge >= 0.3 is 0 Å². The largest absolute Gasteiger partial charge is 0.396 e. The van der Waals surface area contributed by atoms with Crippen LogP contribution in [-0.4, -0.2) is 88.8 Å². The average molecular weight is 332 g/mol. The molecule has 8 nitrogen and oxygen atoms in total. The van der Waals surface area contributed by atoms with Crippen LogP contribution in [0.3, 0.4) is 0 Å². The molecule has 2 fully saturated rings. The van der Waals surface area contributed by atoms with E-state index in [-0.39, 0.29) is 31.2 Å². The van der Waals surface area contributed by atoms with Gasteiger partial charge in [-0.05, 0) is 17.9 Å². The molecule has 0 aromatic rings. The van der Waals surface area contributed by atoms with Crippen LogP contribution in [0, 0.1) is 11.8 Å². The third kappa shape index (κ3) is 3.18. The van der Waals surface area contributed by atoms with E-state index in [4.69, 9.17) is 19.3 Å². The van der Waals surface area contributed by atoms with Crippen LogP contribution in [-0.2, 0) is 14.2 Å². The molecule has 8 atom stereocenters. The van der Waals surface area contributed by atoms with Crippen LogP contribution in [0.4, 0.5) is 0 Å². The molecule has 0 aromatic carbocycles. The van der Waals surface area contributed by atoms with E-state index in [1.54, 1.807) is 0 Å². The van der Waals surface area contributed by atoms with Crippen LogP contribution in [0.5, 0.6) is 0 Å². The maximum Gasteiger partial charge on any atom is 0.187 e. The van der Waals surface area contributed by atoms with Crippen molar-refractivity contribution in [2.75, 3.05) is 26.4 Å². The van der Waals surface area contributed by atoms with Gasteiger partial charge in [0.25, 0.3) is 0 Å². The summed E-state index contributed by atoms with van der Waals surface area (Å²) < 4.78 is 16.4. The number of hydrogen-bond acceptors (Lipinski definition) is 8. The fourth-order valence-electron chi connectivity index (χ4n) is 3.63. The van der Waals surface area contributed by atoms with Crippen LogP contribution < -0.4 is 0 Å². The zero-order valence-corrected chi connectivity index (χ0v) is 12.7. The summed E-state index contributed by atoms with van der Waals surface area (Å²) in [7, 11) is 0. The van der Waals surface area contributed by atoms with Crippen molar-refractivity contribution >= 4 is 0 Å². The zero-order valence-electron chi connectivity index (χ0n) is 12.7. The van der Waals surface area contributed by atoms with Crippen molar-refractivity contribution in [2.24, 2.45) is 11.8 Å². The fourth-order valence-corrected chi connectivity index (χ4v) is 3.63. The number of hydrogen-bond donors (Lipinski definition) is 5. The molecule has 0 saturated carbocycles. The summed E-state index contributed by atoms with van der Waals surface area (Å²) in [6.07, 6.45) is -3.63. The van der Waals surface area contributed by atoms with Crippen LogP contribution in [0.2, 0.25) is 0 Å². The Morgan fingerprint density at radius 1 is 1.09 bits per heavy atom. The summed E-state index contributed by atoms with van der Waals surface area (Å²) in [4.78, 5) is 0. The lowest BCUT2D eigenvalue weighted by Gasteiger charge is -2.39. The Morgan fingerprint density at radius 3 is 2.57 bits per heavy atom. The standard InChI is InChI=1S/C15H24O8/c16-4-9-7(3-10-8(9)1-2-21-10)6-22-15-14(20)13(19)12(18)11(5-17)23-15/h3,8-20H,1-2,4-6H2/t8-,9-,10+,11+,12+,13-,14+,15+/m0/s1. The van der Waals surface area contributed by atoms with E-state index in [1.807, 2.05) is 6.08 Å². The lowest BCUT2D eigenvalue weighted by atomic mass is 9.90. The first kappa shape index (κ1) is 17.2. The third-order valence-corrected chi connectivity index (χ3v) is 5.01. The molecule has 3 aliphatic rings. The van der Waals surface area contributed by atoms with E-state index in [2.05, 4.69) is 0 Å². The molecule has 0 spiro atoms. The normalized spacial score (nSPS) is 46.7. The molecule has 0 aromatic heterocycles. The van der Waals surface area contributed by atoms with Gasteiger partial charge in [-0.15, -0.1) is 0 Å². The van der Waals surface area contributed by atoms with Gasteiger partial charge in [0.2, 0.25) is 0 Å². The lowest BCUT2D eigenvalue weighted by Crippen LogP contribution is -2.59. The van der Waals surface area contributed by atoms with Gasteiger partial charge in [-0.2, -0.15) is 0 Å². The van der Waals surface area contributed by atoms with E-state index in [0.29, 0.717) is 6.61 Å². The quantitative estimate of drug-likeness (QED) is 0.357. The van der Waals surface area contributed by atoms with Gasteiger partial charge in [0.1, 0.15) is 24.4 Å². The van der Waals surface area contributed by atoms with Crippen molar-refractivity contribution in [1.29, 1.82) is 0 Å². The fraction of sp³-hybridized carbons (Fsp3) is 0.867. The highest BCUT2D eigenvalue weighted by molar-refractivity contribution is 5.22. The van der Waals surface area contributed by atoms with E-state index in [9.17, 15) is 20.4 Å². The number of ether oxygens (including phenoxy) is 3. The minimum atomic E-state index is -1.46. The lowest BCUT2D eigenvalue weighted by molar-refractivity contribution is -0.299. The molecule has 0 bridgehead atoms. The van der Waals surface area contributed by atoms with E-state index < -0.39 is 37.3 Å². The summed E-state index contributed by atoms with van der Waals surface area (Å²) in [5.74, 6) is 0.195. The van der Waals surface area contributed by atoms with Crippen molar-refractivity contribution < 1.29 is 39.7 Å². The summed E-state index contributed by atoms with van der Waals surface area (Å²) >= 11 is 0. The van der Waals surface area contributed by atoms with Crippen molar-refractivity contribution in [3.8, 4) is 0 Å². The first-order chi connectivity index (χ1) is 11.1. The van der Waals surface area contributed by atoms with E-state index in [1.165, 1.54) is 0 Å². The molecule has 0 radical (unpaired) electrons. The topological polar surface area (TPSA) is 129 Å². The first-order valence-corrected chi connectivity index (χ1v) is 7.92. The molecule has 3 rings (SSSR count). The average Bonchev–Trinajstić information content (AvgIpc) is 3.12. The van der Waals surface area contributed by atoms with Gasteiger partial charge in [-0.25, -0.2) is 0 Å². The van der Waals surface area contributed by atoms with Gasteiger partial charge in [0.05, 0.1) is 25.9 Å². The summed E-state index contributed by atoms with van der Waals surface area (Å²) in [5.41, 5.74) is 0.874. The van der Waals surface area contributed by atoms with Gasteiger partial charge in [-0.1, -0.05) is 6.08 Å². The second-order valence-electron chi connectivity index (χ2n) is 6.33. The Kier molecular flexibility index (Phi) is 5.34. The Morgan fingerprint density at radius 2 is 1.87 bits per heavy atom. The molecule has 5 N–H and O–H groups in total. The van der Waals surface area contributed by atoms with Gasteiger partial charge in [-0.3, -0.25) is 0 Å². The van der Waals surface area contributed by atoms with Gasteiger partial charge < -0.3 is 39.7 Å². The molecule has 2 heterocycles. The first-order valence-electron chi connectivity index (χ1n) is 7.92. The molecule has 2 aliphatic heterocycles. The number of aliphatic hydroxyl groups excluding tert-OH is 5. The second kappa shape index (κ2) is 7.12. The number of rotatable bonds is 5. The maximum atomic E-state index is 9.94. The molecular weight excluding hydrogens is 308 g/mol. The molecular formula is C15H24O8. The summed E-state index contributed by atoms with van der Waals surface area (Å²) in [6.45, 7) is 0.298. The highest BCUT2D eigenvalue weighted by Gasteiger charge is 2.45. The predicted octanol–water partition coefficient (Wildman–Crippen LogP) is -2.24. The molecule has 2 saturated heterocycles. The Labute approximate surface area is 133 Å². The minimum absolute atomic E-state index is 0.00555. The second-order valence-corrected chi connectivity index (χ2v) is 6.33. The smallest absolute Gasteiger partial charge is 0.187 e. The number of fused-ring (bicyclic) bond motifs is 1. The number of aliphatic hydroxyl groups is 5. The summed E-state index contributed by atoms with van der Waals surface area (Å²) in [6, 6.07) is 0. The van der Waals surface area contributed by atoms with Gasteiger partial charge in [0, 0.05) is 12.5 Å². The van der Waals surface area contributed by atoms with Crippen molar-refractivity contribution in [3.63, 3.8) is 0 Å². The SMILES string of the molecule is OC[C@H]1O[C@@H](OCC2=C[C@H]3OCC[C@H]3[C@H]2CO)[C@H](O)[C@@H](O)[C@@H]1O. The molecule has 1 aliphatic carbocycles. The Balaban J connectivity index is 1.61. The van der Waals surface area contributed by atoms with Crippen LogP contribution in [0.1, 0.15) is 6.42 Å². The van der Waals surface area contributed by atoms with Crippen molar-refractivity contribution in [3.05, 3.63) is 11.6 Å². The maximum absolute atomic E-state index is 9.94. The van der Waals surface area contributed by atoms with E-state index >= 15 is 0 Å². The highest BCUT2D eigenvalue weighted by Crippen LogP contribution is 2.40. The minimum Gasteiger partial charge on any atom is -0.396 e. The summed E-state index contributed by atoms with van der Waals surface area (Å²) in [5, 5.41) is 48.2. The van der Waals surface area contributed by atoms with Crippen LogP contribution >= 0.6 is 0 Å². The van der Waals surface area contributed by atoms with Crippen molar-refractivity contribution in [2.45, 2.75) is 43.2 Å². The highest BCUT2D eigenvalue weighted by atomic mass is 16.7.